The van der Waals surface area contributed by atoms with Gasteiger partial charge in [0.05, 0.1) is 18.1 Å². The minimum absolute atomic E-state index is 0.126. The number of carbonyl (C=O) groups is 2. The number of aryl methyl sites for hydroxylation is 1. The first-order valence-corrected chi connectivity index (χ1v) is 8.14. The van der Waals surface area contributed by atoms with E-state index in [1.807, 2.05) is 31.2 Å². The van der Waals surface area contributed by atoms with Crippen molar-refractivity contribution in [3.63, 3.8) is 0 Å². The van der Waals surface area contributed by atoms with Crippen LogP contribution >= 0.6 is 11.8 Å². The lowest BCUT2D eigenvalue weighted by Crippen LogP contribution is -2.23. The Hall–Kier alpha value is -2.28. The molecule has 1 amide bonds. The predicted molar refractivity (Wildman–Crippen MR) is 89.7 cm³/mol. The van der Waals surface area contributed by atoms with Crippen molar-refractivity contribution in [3.8, 4) is 0 Å². The van der Waals surface area contributed by atoms with Gasteiger partial charge in [0.1, 0.15) is 5.69 Å². The fourth-order valence-corrected chi connectivity index (χ4v) is 2.63. The molecule has 7 heteroatoms. The lowest BCUT2D eigenvalue weighted by molar-refractivity contribution is -0.115. The summed E-state index contributed by atoms with van der Waals surface area (Å²) >= 11 is 1.25. The van der Waals surface area contributed by atoms with Gasteiger partial charge < -0.3 is 15.0 Å². The van der Waals surface area contributed by atoms with Crippen molar-refractivity contribution >= 4 is 29.3 Å². The topological polar surface area (TPSA) is 84.1 Å². The third-order valence-corrected chi connectivity index (χ3v) is 4.11. The second-order valence-corrected chi connectivity index (χ2v) is 6.22. The van der Waals surface area contributed by atoms with E-state index < -0.39 is 5.97 Å². The van der Waals surface area contributed by atoms with Crippen molar-refractivity contribution < 1.29 is 14.3 Å². The summed E-state index contributed by atoms with van der Waals surface area (Å²) in [5, 5.41) is 3.02. The zero-order valence-corrected chi connectivity index (χ0v) is 14.1. The van der Waals surface area contributed by atoms with E-state index in [0.29, 0.717) is 11.8 Å². The first-order valence-electron chi connectivity index (χ1n) is 7.26. The molecule has 1 heterocycles. The Kier molecular flexibility index (Phi) is 5.81. The molecule has 1 atom stereocenters. The molecule has 0 saturated carbocycles. The number of amides is 1. The third-order valence-electron chi connectivity index (χ3n) is 3.11. The monoisotopic (exact) mass is 333 g/mol. The third kappa shape index (κ3) is 4.59. The first kappa shape index (κ1) is 17.1. The highest BCUT2D eigenvalue weighted by molar-refractivity contribution is 8.00. The molecule has 0 saturated heterocycles. The maximum Gasteiger partial charge on any atom is 0.356 e. The summed E-state index contributed by atoms with van der Waals surface area (Å²) < 4.78 is 4.89. The number of imidazole rings is 1. The van der Waals surface area contributed by atoms with Crippen LogP contribution in [0.1, 0.15) is 29.9 Å². The maximum absolute atomic E-state index is 12.2. The highest BCUT2D eigenvalue weighted by Gasteiger charge is 2.18. The molecule has 0 aliphatic rings. The number of para-hydroxylation sites is 1. The van der Waals surface area contributed by atoms with E-state index in [1.54, 1.807) is 13.8 Å². The van der Waals surface area contributed by atoms with Gasteiger partial charge in [0.2, 0.25) is 5.91 Å². The average Bonchev–Trinajstić information content (AvgIpc) is 2.98. The van der Waals surface area contributed by atoms with Crippen molar-refractivity contribution in [1.82, 2.24) is 9.97 Å². The van der Waals surface area contributed by atoms with Crippen molar-refractivity contribution in [1.29, 1.82) is 0 Å². The Balaban J connectivity index is 1.96. The molecular formula is C16H19N3O3S. The molecular weight excluding hydrogens is 314 g/mol. The highest BCUT2D eigenvalue weighted by Crippen LogP contribution is 2.22. The van der Waals surface area contributed by atoms with Gasteiger partial charge in [0, 0.05) is 5.69 Å². The average molecular weight is 333 g/mol. The summed E-state index contributed by atoms with van der Waals surface area (Å²) in [5.41, 5.74) is 2.07. The van der Waals surface area contributed by atoms with E-state index in [1.165, 1.54) is 18.0 Å². The summed E-state index contributed by atoms with van der Waals surface area (Å²) in [5.74, 6) is -0.581. The van der Waals surface area contributed by atoms with Crippen LogP contribution in [-0.4, -0.2) is 33.7 Å². The van der Waals surface area contributed by atoms with Crippen LogP contribution in [0.5, 0.6) is 0 Å². The maximum atomic E-state index is 12.2. The molecule has 0 spiro atoms. The smallest absolute Gasteiger partial charge is 0.356 e. The predicted octanol–water partition coefficient (Wildman–Crippen LogP) is 3.01. The minimum Gasteiger partial charge on any atom is -0.461 e. The van der Waals surface area contributed by atoms with Crippen molar-refractivity contribution in [3.05, 3.63) is 41.7 Å². The zero-order chi connectivity index (χ0) is 16.8. The van der Waals surface area contributed by atoms with E-state index in [4.69, 9.17) is 4.74 Å². The van der Waals surface area contributed by atoms with Crippen LogP contribution in [0, 0.1) is 6.92 Å². The van der Waals surface area contributed by atoms with Gasteiger partial charge in [-0.2, -0.15) is 0 Å². The van der Waals surface area contributed by atoms with E-state index in [9.17, 15) is 9.59 Å². The number of hydrogen-bond acceptors (Lipinski definition) is 5. The number of thioether (sulfide) groups is 1. The van der Waals surface area contributed by atoms with Crippen LogP contribution in [-0.2, 0) is 9.53 Å². The van der Waals surface area contributed by atoms with Gasteiger partial charge in [-0.1, -0.05) is 30.0 Å². The fourth-order valence-electron chi connectivity index (χ4n) is 1.84. The molecule has 0 bridgehead atoms. The van der Waals surface area contributed by atoms with Gasteiger partial charge >= 0.3 is 5.97 Å². The molecule has 2 N–H and O–H groups in total. The molecule has 6 nitrogen and oxygen atoms in total. The van der Waals surface area contributed by atoms with Gasteiger partial charge in [0.15, 0.2) is 5.16 Å². The molecule has 1 unspecified atom stereocenters. The second kappa shape index (κ2) is 7.82. The summed E-state index contributed by atoms with van der Waals surface area (Å²) in [7, 11) is 0. The number of nitrogens with zero attached hydrogens (tertiary/aromatic N) is 1. The first-order chi connectivity index (χ1) is 11.0. The molecule has 0 fully saturated rings. The number of esters is 1. The van der Waals surface area contributed by atoms with Crippen LogP contribution < -0.4 is 5.32 Å². The van der Waals surface area contributed by atoms with Gasteiger partial charge in [-0.3, -0.25) is 4.79 Å². The quantitative estimate of drug-likeness (QED) is 0.627. The van der Waals surface area contributed by atoms with Gasteiger partial charge in [-0.25, -0.2) is 9.78 Å². The number of ether oxygens (including phenoxy) is 1. The fraction of sp³-hybridized carbons (Fsp3) is 0.312. The van der Waals surface area contributed by atoms with E-state index >= 15 is 0 Å². The molecule has 2 rings (SSSR count). The second-order valence-electron chi connectivity index (χ2n) is 4.89. The van der Waals surface area contributed by atoms with Gasteiger partial charge in [-0.05, 0) is 32.4 Å². The summed E-state index contributed by atoms with van der Waals surface area (Å²) in [6, 6.07) is 7.59. The van der Waals surface area contributed by atoms with Crippen LogP contribution in [0.15, 0.2) is 35.6 Å². The number of carbonyl (C=O) groups excluding carboxylic acids is 2. The summed E-state index contributed by atoms with van der Waals surface area (Å²) in [4.78, 5) is 30.8. The molecule has 2 aromatic rings. The Labute approximate surface area is 139 Å². The standard InChI is InChI=1S/C16H19N3O3S/c1-4-22-15(21)13-9-17-16(19-13)23-11(3)14(20)18-12-8-6-5-7-10(12)2/h5-9,11H,4H2,1-3H3,(H,17,19)(H,18,20). The number of hydrogen-bond donors (Lipinski definition) is 2. The number of aromatic amines is 1. The summed E-state index contributed by atoms with van der Waals surface area (Å²) in [6.07, 6.45) is 1.41. The van der Waals surface area contributed by atoms with Crippen LogP contribution in [0.4, 0.5) is 5.69 Å². The SMILES string of the molecule is CCOC(=O)c1cnc(SC(C)C(=O)Nc2ccccc2C)[nH]1. The van der Waals surface area contributed by atoms with Crippen LogP contribution in [0.25, 0.3) is 0 Å². The van der Waals surface area contributed by atoms with Crippen molar-refractivity contribution in [2.75, 3.05) is 11.9 Å². The molecule has 0 radical (unpaired) electrons. The Morgan fingerprint density at radius 1 is 1.39 bits per heavy atom. The van der Waals surface area contributed by atoms with E-state index in [-0.39, 0.29) is 16.9 Å². The van der Waals surface area contributed by atoms with Crippen LogP contribution in [0.3, 0.4) is 0 Å². The Morgan fingerprint density at radius 2 is 2.13 bits per heavy atom. The molecule has 122 valence electrons. The lowest BCUT2D eigenvalue weighted by Gasteiger charge is -2.12. The summed E-state index contributed by atoms with van der Waals surface area (Å²) in [6.45, 7) is 5.76. The number of anilines is 1. The van der Waals surface area contributed by atoms with E-state index in [0.717, 1.165) is 11.3 Å². The lowest BCUT2D eigenvalue weighted by atomic mass is 10.2. The van der Waals surface area contributed by atoms with Crippen molar-refractivity contribution in [2.45, 2.75) is 31.2 Å². The number of benzene rings is 1. The Morgan fingerprint density at radius 3 is 2.83 bits per heavy atom. The molecule has 1 aromatic carbocycles. The molecule has 1 aromatic heterocycles. The van der Waals surface area contributed by atoms with Crippen LogP contribution in [0.2, 0.25) is 0 Å². The highest BCUT2D eigenvalue weighted by atomic mass is 32.2. The van der Waals surface area contributed by atoms with E-state index in [2.05, 4.69) is 15.3 Å². The molecule has 0 aliphatic heterocycles. The molecule has 23 heavy (non-hydrogen) atoms. The zero-order valence-electron chi connectivity index (χ0n) is 13.3. The number of rotatable bonds is 6. The van der Waals surface area contributed by atoms with Gasteiger partial charge in [-0.15, -0.1) is 0 Å². The molecule has 0 aliphatic carbocycles. The van der Waals surface area contributed by atoms with Gasteiger partial charge in [0.25, 0.3) is 0 Å². The Bertz CT molecular complexity index is 699. The number of aromatic nitrogens is 2. The van der Waals surface area contributed by atoms with Crippen molar-refractivity contribution in [2.24, 2.45) is 0 Å². The largest absolute Gasteiger partial charge is 0.461 e. The normalized spacial score (nSPS) is 11.8. The minimum atomic E-state index is -0.455. The number of nitrogens with one attached hydrogen (secondary N) is 2. The number of H-pyrrole nitrogens is 1.